The number of nitrogens with zero attached hydrogens (tertiary/aromatic N) is 3. The summed E-state index contributed by atoms with van der Waals surface area (Å²) in [6.07, 6.45) is 0. The topological polar surface area (TPSA) is 44.5 Å². The van der Waals surface area contributed by atoms with Crippen LogP contribution < -0.4 is 10.2 Å². The number of aromatic nitrogens is 1. The van der Waals surface area contributed by atoms with Gasteiger partial charge in [-0.15, -0.1) is 0 Å². The largest absolute Gasteiger partial charge is 0.369 e. The lowest BCUT2D eigenvalue weighted by atomic mass is 10.0. The van der Waals surface area contributed by atoms with E-state index >= 15 is 0 Å². The van der Waals surface area contributed by atoms with Crippen molar-refractivity contribution in [2.45, 2.75) is 13.5 Å². The summed E-state index contributed by atoms with van der Waals surface area (Å²) in [5.41, 5.74) is 4.66. The summed E-state index contributed by atoms with van der Waals surface area (Å²) in [6, 6.07) is 25.6. The third kappa shape index (κ3) is 4.69. The average Bonchev–Trinajstić information content (AvgIpc) is 3.31. The summed E-state index contributed by atoms with van der Waals surface area (Å²) in [7, 11) is 0. The Morgan fingerprint density at radius 1 is 0.906 bits per heavy atom. The number of piperazine rings is 1. The molecule has 0 radical (unpaired) electrons. The smallest absolute Gasteiger partial charge is 0.151 e. The van der Waals surface area contributed by atoms with E-state index in [0.717, 1.165) is 56.3 Å². The Balaban J connectivity index is 1.09. The van der Waals surface area contributed by atoms with Crippen molar-refractivity contribution in [3.8, 4) is 11.3 Å². The van der Waals surface area contributed by atoms with Crippen LogP contribution in [0.15, 0.2) is 77.3 Å². The predicted octanol–water partition coefficient (Wildman–Crippen LogP) is 4.72. The quantitative estimate of drug-likeness (QED) is 0.434. The number of benzene rings is 3. The minimum absolute atomic E-state index is 0.696. The molecule has 3 aromatic carbocycles. The number of rotatable bonds is 7. The molecule has 1 aliphatic rings. The van der Waals surface area contributed by atoms with Crippen LogP contribution in [0.2, 0.25) is 0 Å². The molecule has 1 N–H and O–H groups in total. The Labute approximate surface area is 189 Å². The zero-order valence-corrected chi connectivity index (χ0v) is 18.6. The third-order valence-corrected chi connectivity index (χ3v) is 6.30. The van der Waals surface area contributed by atoms with Gasteiger partial charge in [0.2, 0.25) is 0 Å². The highest BCUT2D eigenvalue weighted by Gasteiger charge is 2.17. The van der Waals surface area contributed by atoms with Gasteiger partial charge >= 0.3 is 0 Å². The van der Waals surface area contributed by atoms with Crippen LogP contribution in [0.3, 0.4) is 0 Å². The molecule has 0 spiro atoms. The number of hydrogen-bond acceptors (Lipinski definition) is 5. The van der Waals surface area contributed by atoms with E-state index in [-0.39, 0.29) is 0 Å². The second-order valence-electron chi connectivity index (χ2n) is 8.55. The fourth-order valence-electron chi connectivity index (χ4n) is 4.41. The number of fused-ring (bicyclic) bond motifs is 1. The molecule has 0 atom stereocenters. The molecule has 0 unspecified atom stereocenters. The lowest BCUT2D eigenvalue weighted by Crippen LogP contribution is -2.48. The van der Waals surface area contributed by atoms with Gasteiger partial charge in [0.1, 0.15) is 5.69 Å². The highest BCUT2D eigenvalue weighted by molar-refractivity contribution is 5.95. The molecule has 1 saturated heterocycles. The summed E-state index contributed by atoms with van der Waals surface area (Å²) in [5.74, 6) is 0.872. The van der Waals surface area contributed by atoms with Crippen molar-refractivity contribution in [1.29, 1.82) is 0 Å². The molecule has 1 aromatic heterocycles. The number of hydrogen-bond donors (Lipinski definition) is 1. The van der Waals surface area contributed by atoms with Crippen LogP contribution in [0, 0.1) is 6.92 Å². The lowest BCUT2D eigenvalue weighted by Gasteiger charge is -2.36. The van der Waals surface area contributed by atoms with Gasteiger partial charge in [-0.1, -0.05) is 65.3 Å². The highest BCUT2D eigenvalue weighted by atomic mass is 16.5. The number of nitrogens with one attached hydrogen (secondary N) is 1. The Kier molecular flexibility index (Phi) is 6.19. The molecular formula is C27H30N4O. The van der Waals surface area contributed by atoms with Crippen molar-refractivity contribution in [2.24, 2.45) is 0 Å². The first kappa shape index (κ1) is 20.7. The monoisotopic (exact) mass is 426 g/mol. The Morgan fingerprint density at radius 3 is 2.53 bits per heavy atom. The molecule has 0 saturated carbocycles. The molecule has 1 aliphatic heterocycles. The zero-order valence-electron chi connectivity index (χ0n) is 18.6. The van der Waals surface area contributed by atoms with Crippen molar-refractivity contribution in [3.63, 3.8) is 0 Å². The average molecular weight is 427 g/mol. The summed E-state index contributed by atoms with van der Waals surface area (Å²) < 4.78 is 5.60. The summed E-state index contributed by atoms with van der Waals surface area (Å²) in [6.45, 7) is 9.19. The van der Waals surface area contributed by atoms with E-state index in [1.807, 2.05) is 0 Å². The Hall–Kier alpha value is -3.15. The first-order chi connectivity index (χ1) is 15.8. The molecule has 4 aromatic rings. The van der Waals surface area contributed by atoms with Gasteiger partial charge in [-0.25, -0.2) is 0 Å². The lowest BCUT2D eigenvalue weighted by molar-refractivity contribution is 0.255. The van der Waals surface area contributed by atoms with Crippen molar-refractivity contribution >= 4 is 16.5 Å². The van der Waals surface area contributed by atoms with Crippen molar-refractivity contribution in [2.75, 3.05) is 44.2 Å². The molecule has 32 heavy (non-hydrogen) atoms. The van der Waals surface area contributed by atoms with Gasteiger partial charge in [-0.2, -0.15) is 0 Å². The minimum atomic E-state index is 0.696. The molecule has 5 nitrogen and oxygen atoms in total. The first-order valence-corrected chi connectivity index (χ1v) is 11.4. The van der Waals surface area contributed by atoms with Crippen molar-refractivity contribution in [3.05, 3.63) is 84.1 Å². The third-order valence-electron chi connectivity index (χ3n) is 6.30. The van der Waals surface area contributed by atoms with Crippen LogP contribution in [0.5, 0.6) is 0 Å². The van der Waals surface area contributed by atoms with Gasteiger partial charge in [0.05, 0.1) is 6.54 Å². The van der Waals surface area contributed by atoms with Gasteiger partial charge < -0.3 is 14.7 Å². The predicted molar refractivity (Wildman–Crippen MR) is 131 cm³/mol. The summed E-state index contributed by atoms with van der Waals surface area (Å²) >= 11 is 0. The summed E-state index contributed by atoms with van der Waals surface area (Å²) in [5, 5.41) is 10.2. The SMILES string of the molecule is Cc1ccc(N2CCN(CCNCc3cc(-c4cccc5ccccc45)no3)CC2)cc1. The van der Waals surface area contributed by atoms with Gasteiger partial charge in [0.25, 0.3) is 0 Å². The second-order valence-corrected chi connectivity index (χ2v) is 8.55. The van der Waals surface area contributed by atoms with Crippen LogP contribution in [0.4, 0.5) is 5.69 Å². The van der Waals surface area contributed by atoms with E-state index in [4.69, 9.17) is 4.52 Å². The fraction of sp³-hybridized carbons (Fsp3) is 0.296. The Bertz CT molecular complexity index is 1150. The van der Waals surface area contributed by atoms with Crippen molar-refractivity contribution < 1.29 is 4.52 Å². The molecule has 164 valence electrons. The minimum Gasteiger partial charge on any atom is -0.369 e. The molecule has 0 bridgehead atoms. The van der Waals surface area contributed by atoms with Crippen LogP contribution in [0.25, 0.3) is 22.0 Å². The first-order valence-electron chi connectivity index (χ1n) is 11.4. The fourth-order valence-corrected chi connectivity index (χ4v) is 4.41. The van der Waals surface area contributed by atoms with Crippen molar-refractivity contribution in [1.82, 2.24) is 15.4 Å². The molecule has 1 fully saturated rings. The molecule has 5 heteroatoms. The van der Waals surface area contributed by atoms with E-state index in [2.05, 4.69) is 100.0 Å². The van der Waals surface area contributed by atoms with Crippen LogP contribution in [0.1, 0.15) is 11.3 Å². The number of aryl methyl sites for hydroxylation is 1. The normalized spacial score (nSPS) is 14.8. The van der Waals surface area contributed by atoms with Gasteiger partial charge in [0.15, 0.2) is 5.76 Å². The zero-order chi connectivity index (χ0) is 21.8. The van der Waals surface area contributed by atoms with E-state index in [1.54, 1.807) is 0 Å². The maximum Gasteiger partial charge on any atom is 0.151 e. The van der Waals surface area contributed by atoms with Crippen LogP contribution >= 0.6 is 0 Å². The Morgan fingerprint density at radius 2 is 1.69 bits per heavy atom. The maximum atomic E-state index is 5.60. The van der Waals surface area contributed by atoms with Gasteiger partial charge in [0, 0.05) is 56.6 Å². The standard InChI is InChI=1S/C27H30N4O/c1-21-9-11-23(12-10-21)31-17-15-30(16-18-31)14-13-28-20-24-19-27(29-32-24)26-8-4-6-22-5-2-3-7-25(22)26/h2-12,19,28H,13-18,20H2,1H3. The van der Waals surface area contributed by atoms with Gasteiger partial charge in [-0.05, 0) is 29.8 Å². The molecular weight excluding hydrogens is 396 g/mol. The number of anilines is 1. The molecule has 5 rings (SSSR count). The van der Waals surface area contributed by atoms with E-state index < -0.39 is 0 Å². The molecule has 2 heterocycles. The van der Waals surface area contributed by atoms with Gasteiger partial charge in [-0.3, -0.25) is 4.90 Å². The van der Waals surface area contributed by atoms with E-state index in [1.165, 1.54) is 22.0 Å². The second kappa shape index (κ2) is 9.55. The summed E-state index contributed by atoms with van der Waals surface area (Å²) in [4.78, 5) is 5.01. The highest BCUT2D eigenvalue weighted by Crippen LogP contribution is 2.28. The molecule has 0 amide bonds. The van der Waals surface area contributed by atoms with E-state index in [0.29, 0.717) is 6.54 Å². The molecule has 0 aliphatic carbocycles. The van der Waals surface area contributed by atoms with Crippen LogP contribution in [-0.2, 0) is 6.54 Å². The maximum absolute atomic E-state index is 5.60. The van der Waals surface area contributed by atoms with Crippen LogP contribution in [-0.4, -0.2) is 49.3 Å². The van der Waals surface area contributed by atoms with E-state index in [9.17, 15) is 0 Å².